The van der Waals surface area contributed by atoms with Gasteiger partial charge in [0.2, 0.25) is 0 Å². The van der Waals surface area contributed by atoms with E-state index < -0.39 is 0 Å². The summed E-state index contributed by atoms with van der Waals surface area (Å²) in [5.74, 6) is -0.143. The molecule has 2 rings (SSSR count). The van der Waals surface area contributed by atoms with Crippen LogP contribution in [0.25, 0.3) is 0 Å². The van der Waals surface area contributed by atoms with E-state index in [2.05, 4.69) is 33.0 Å². The van der Waals surface area contributed by atoms with E-state index in [-0.39, 0.29) is 5.91 Å². The number of carbonyl (C=O) groups is 1. The molecule has 2 aromatic rings. The van der Waals surface area contributed by atoms with E-state index in [1.807, 2.05) is 24.3 Å². The molecular formula is C11H10IN3O. The lowest BCUT2D eigenvalue weighted by Gasteiger charge is -2.03. The number of hydrogen-bond acceptors (Lipinski definition) is 2. The molecule has 0 atom stereocenters. The summed E-state index contributed by atoms with van der Waals surface area (Å²) >= 11 is 2.20. The minimum Gasteiger partial charge on any atom is -0.322 e. The zero-order valence-electron chi connectivity index (χ0n) is 8.64. The molecule has 0 fully saturated rings. The van der Waals surface area contributed by atoms with Crippen LogP contribution in [-0.2, 0) is 7.05 Å². The number of nitrogens with one attached hydrogen (secondary N) is 1. The monoisotopic (exact) mass is 327 g/mol. The normalized spacial score (nSPS) is 10.1. The van der Waals surface area contributed by atoms with Crippen LogP contribution < -0.4 is 5.32 Å². The highest BCUT2D eigenvalue weighted by molar-refractivity contribution is 14.1. The van der Waals surface area contributed by atoms with Gasteiger partial charge in [-0.25, -0.2) is 0 Å². The largest absolute Gasteiger partial charge is 0.322 e. The predicted molar refractivity (Wildman–Crippen MR) is 70.3 cm³/mol. The molecule has 16 heavy (non-hydrogen) atoms. The maximum atomic E-state index is 11.8. The summed E-state index contributed by atoms with van der Waals surface area (Å²) in [7, 11) is 1.78. The Balaban J connectivity index is 2.13. The lowest BCUT2D eigenvalue weighted by molar-refractivity contribution is 0.102. The first-order valence-corrected chi connectivity index (χ1v) is 5.78. The van der Waals surface area contributed by atoms with E-state index >= 15 is 0 Å². The van der Waals surface area contributed by atoms with E-state index in [0.717, 1.165) is 9.26 Å². The quantitative estimate of drug-likeness (QED) is 0.861. The number of rotatable bonds is 2. The standard InChI is InChI=1S/C11H10IN3O/c1-15-7-8(6-13-15)11(16)14-10-4-2-3-9(12)5-10/h2-7H,1H3,(H,14,16). The van der Waals surface area contributed by atoms with Crippen LogP contribution in [0.4, 0.5) is 5.69 Å². The van der Waals surface area contributed by atoms with Gasteiger partial charge in [-0.1, -0.05) is 6.07 Å². The maximum absolute atomic E-state index is 11.8. The first-order valence-electron chi connectivity index (χ1n) is 4.71. The van der Waals surface area contributed by atoms with Crippen LogP contribution in [0.15, 0.2) is 36.7 Å². The topological polar surface area (TPSA) is 46.9 Å². The Bertz CT molecular complexity index is 521. The van der Waals surface area contributed by atoms with E-state index in [1.165, 1.54) is 0 Å². The highest BCUT2D eigenvalue weighted by Crippen LogP contribution is 2.13. The van der Waals surface area contributed by atoms with Crippen molar-refractivity contribution in [2.45, 2.75) is 0 Å². The fourth-order valence-electron chi connectivity index (χ4n) is 1.31. The van der Waals surface area contributed by atoms with E-state index in [9.17, 15) is 4.79 Å². The third-order valence-electron chi connectivity index (χ3n) is 2.05. The van der Waals surface area contributed by atoms with Crippen LogP contribution >= 0.6 is 22.6 Å². The van der Waals surface area contributed by atoms with E-state index in [0.29, 0.717) is 5.56 Å². The zero-order valence-corrected chi connectivity index (χ0v) is 10.8. The van der Waals surface area contributed by atoms with Gasteiger partial charge in [-0.05, 0) is 40.8 Å². The molecule has 5 heteroatoms. The molecule has 4 nitrogen and oxygen atoms in total. The molecule has 1 N–H and O–H groups in total. The van der Waals surface area contributed by atoms with E-state index in [4.69, 9.17) is 0 Å². The molecule has 0 aliphatic rings. The SMILES string of the molecule is Cn1cc(C(=O)Nc2cccc(I)c2)cn1. The molecule has 0 bridgehead atoms. The summed E-state index contributed by atoms with van der Waals surface area (Å²) in [4.78, 5) is 11.8. The summed E-state index contributed by atoms with van der Waals surface area (Å²) in [6.07, 6.45) is 3.23. The number of nitrogens with zero attached hydrogens (tertiary/aromatic N) is 2. The Hall–Kier alpha value is -1.37. The van der Waals surface area contributed by atoms with Crippen molar-refractivity contribution >= 4 is 34.2 Å². The highest BCUT2D eigenvalue weighted by atomic mass is 127. The van der Waals surface area contributed by atoms with Gasteiger partial charge in [-0.15, -0.1) is 0 Å². The molecule has 1 aromatic heterocycles. The van der Waals surface area contributed by atoms with E-state index in [1.54, 1.807) is 24.1 Å². The summed E-state index contributed by atoms with van der Waals surface area (Å²) in [5, 5.41) is 6.77. The molecule has 0 unspecified atom stereocenters. The van der Waals surface area contributed by atoms with Crippen molar-refractivity contribution in [3.05, 3.63) is 45.8 Å². The molecule has 0 aliphatic carbocycles. The number of aryl methyl sites for hydroxylation is 1. The second-order valence-corrected chi connectivity index (χ2v) is 4.61. The zero-order chi connectivity index (χ0) is 11.5. The lowest BCUT2D eigenvalue weighted by Crippen LogP contribution is -2.11. The van der Waals surface area contributed by atoms with Crippen molar-refractivity contribution in [3.8, 4) is 0 Å². The number of amides is 1. The maximum Gasteiger partial charge on any atom is 0.258 e. The van der Waals surface area contributed by atoms with Crippen LogP contribution in [0.5, 0.6) is 0 Å². The molecule has 1 heterocycles. The first kappa shape index (κ1) is 11.1. The molecule has 0 aliphatic heterocycles. The average molecular weight is 327 g/mol. The molecule has 1 amide bonds. The van der Waals surface area contributed by atoms with Gasteiger partial charge >= 0.3 is 0 Å². The fraction of sp³-hybridized carbons (Fsp3) is 0.0909. The average Bonchev–Trinajstić information content (AvgIpc) is 2.65. The third-order valence-corrected chi connectivity index (χ3v) is 2.72. The molecule has 82 valence electrons. The minimum absolute atomic E-state index is 0.143. The van der Waals surface area contributed by atoms with Crippen molar-refractivity contribution in [1.29, 1.82) is 0 Å². The van der Waals surface area contributed by atoms with Crippen LogP contribution in [0.1, 0.15) is 10.4 Å². The van der Waals surface area contributed by atoms with Gasteiger partial charge in [-0.2, -0.15) is 5.10 Å². The Kier molecular flexibility index (Phi) is 3.23. The van der Waals surface area contributed by atoms with Gasteiger partial charge in [0.25, 0.3) is 5.91 Å². The number of aromatic nitrogens is 2. The molecular weight excluding hydrogens is 317 g/mol. The van der Waals surface area contributed by atoms with Crippen molar-refractivity contribution in [1.82, 2.24) is 9.78 Å². The predicted octanol–water partition coefficient (Wildman–Crippen LogP) is 2.28. The van der Waals surface area contributed by atoms with Crippen LogP contribution in [-0.4, -0.2) is 15.7 Å². The number of hydrogen-bond donors (Lipinski definition) is 1. The molecule has 0 saturated carbocycles. The summed E-state index contributed by atoms with van der Waals surface area (Å²) in [6, 6.07) is 7.65. The van der Waals surface area contributed by atoms with Gasteiger partial charge in [0.15, 0.2) is 0 Å². The van der Waals surface area contributed by atoms with Crippen molar-refractivity contribution in [2.75, 3.05) is 5.32 Å². The Morgan fingerprint density at radius 1 is 1.50 bits per heavy atom. The smallest absolute Gasteiger partial charge is 0.258 e. The number of benzene rings is 1. The van der Waals surface area contributed by atoms with Crippen molar-refractivity contribution in [3.63, 3.8) is 0 Å². The van der Waals surface area contributed by atoms with Crippen LogP contribution in [0, 0.1) is 3.57 Å². The van der Waals surface area contributed by atoms with Crippen molar-refractivity contribution in [2.24, 2.45) is 7.05 Å². The summed E-state index contributed by atoms with van der Waals surface area (Å²) in [5.41, 5.74) is 1.35. The van der Waals surface area contributed by atoms with Crippen molar-refractivity contribution < 1.29 is 4.79 Å². The van der Waals surface area contributed by atoms with Gasteiger partial charge < -0.3 is 5.32 Å². The Morgan fingerprint density at radius 3 is 2.94 bits per heavy atom. The summed E-state index contributed by atoms with van der Waals surface area (Å²) in [6.45, 7) is 0. The van der Waals surface area contributed by atoms with Gasteiger partial charge in [0, 0.05) is 22.5 Å². The number of anilines is 1. The van der Waals surface area contributed by atoms with Crippen LogP contribution in [0.2, 0.25) is 0 Å². The second-order valence-electron chi connectivity index (χ2n) is 3.37. The lowest BCUT2D eigenvalue weighted by atomic mass is 10.3. The third kappa shape index (κ3) is 2.60. The van der Waals surface area contributed by atoms with Gasteiger partial charge in [0.1, 0.15) is 0 Å². The second kappa shape index (κ2) is 4.65. The summed E-state index contributed by atoms with van der Waals surface area (Å²) < 4.78 is 2.69. The Morgan fingerprint density at radius 2 is 2.31 bits per heavy atom. The Labute approximate surface area is 107 Å². The number of halogens is 1. The van der Waals surface area contributed by atoms with Gasteiger partial charge in [0.05, 0.1) is 11.8 Å². The van der Waals surface area contributed by atoms with Gasteiger partial charge in [-0.3, -0.25) is 9.48 Å². The van der Waals surface area contributed by atoms with Crippen LogP contribution in [0.3, 0.4) is 0 Å². The fourth-order valence-corrected chi connectivity index (χ4v) is 1.85. The number of carbonyl (C=O) groups excluding carboxylic acids is 1. The molecule has 0 spiro atoms. The molecule has 0 radical (unpaired) electrons. The highest BCUT2D eigenvalue weighted by Gasteiger charge is 2.07. The minimum atomic E-state index is -0.143. The molecule has 1 aromatic carbocycles. The molecule has 0 saturated heterocycles. The first-order chi connectivity index (χ1) is 7.65.